The molecule has 0 radical (unpaired) electrons. The lowest BCUT2D eigenvalue weighted by Crippen LogP contribution is -2.29. The number of hydrogen-bond acceptors (Lipinski definition) is 5. The Hall–Kier alpha value is -1.67. The number of pyridine rings is 1. The lowest BCUT2D eigenvalue weighted by molar-refractivity contribution is 0.0950. The molecule has 0 saturated heterocycles. The summed E-state index contributed by atoms with van der Waals surface area (Å²) >= 11 is 0. The van der Waals surface area contributed by atoms with E-state index in [2.05, 4.69) is 15.0 Å². The van der Waals surface area contributed by atoms with E-state index in [1.165, 1.54) is 18.5 Å². The van der Waals surface area contributed by atoms with Crippen molar-refractivity contribution >= 4 is 15.9 Å². The zero-order valence-electron chi connectivity index (χ0n) is 9.88. The maximum Gasteiger partial charge on any atom is 0.255 e. The van der Waals surface area contributed by atoms with E-state index in [-0.39, 0.29) is 17.9 Å². The second-order valence-corrected chi connectivity index (χ2v) is 5.50. The van der Waals surface area contributed by atoms with Crippen LogP contribution >= 0.6 is 0 Å². The fourth-order valence-electron chi connectivity index (χ4n) is 1.22. The van der Waals surface area contributed by atoms with Crippen molar-refractivity contribution in [3.8, 4) is 5.75 Å². The molecule has 18 heavy (non-hydrogen) atoms. The second-order valence-electron chi connectivity index (χ2n) is 3.67. The average Bonchev–Trinajstić information content (AvgIpc) is 2.27. The minimum absolute atomic E-state index is 0.140. The van der Waals surface area contributed by atoms with Gasteiger partial charge < -0.3 is 10.4 Å². The molecule has 0 fully saturated rings. The molecule has 0 aromatic carbocycles. The largest absolute Gasteiger partial charge is 0.505 e. The number of carbonyl (C=O) groups excluding carboxylic acids is 1. The van der Waals surface area contributed by atoms with Gasteiger partial charge >= 0.3 is 0 Å². The predicted molar refractivity (Wildman–Crippen MR) is 65.7 cm³/mol. The van der Waals surface area contributed by atoms with Crippen molar-refractivity contribution in [2.45, 2.75) is 6.42 Å². The fraction of sp³-hybridized carbons (Fsp3) is 0.400. The molecule has 1 heterocycles. The molecule has 1 rings (SSSR count). The van der Waals surface area contributed by atoms with Crippen LogP contribution in [0, 0.1) is 0 Å². The van der Waals surface area contributed by atoms with Crippen LogP contribution in [-0.4, -0.2) is 43.8 Å². The van der Waals surface area contributed by atoms with Gasteiger partial charge in [-0.3, -0.25) is 9.78 Å². The zero-order chi connectivity index (χ0) is 13.6. The van der Waals surface area contributed by atoms with Crippen LogP contribution in [-0.2, 0) is 10.0 Å². The van der Waals surface area contributed by atoms with Crippen LogP contribution in [0.2, 0.25) is 0 Å². The Bertz CT molecular complexity index is 516. The monoisotopic (exact) mass is 273 g/mol. The minimum atomic E-state index is -3.19. The Morgan fingerprint density at radius 3 is 2.78 bits per heavy atom. The summed E-state index contributed by atoms with van der Waals surface area (Å²) in [6, 6.07) is 1.40. The molecule has 0 aliphatic heterocycles. The number of carbonyl (C=O) groups is 1. The first-order chi connectivity index (χ1) is 8.40. The van der Waals surface area contributed by atoms with Gasteiger partial charge in [-0.1, -0.05) is 0 Å². The van der Waals surface area contributed by atoms with Crippen molar-refractivity contribution in [3.63, 3.8) is 0 Å². The molecule has 3 N–H and O–H groups in total. The van der Waals surface area contributed by atoms with Gasteiger partial charge in [0.15, 0.2) is 0 Å². The molecular weight excluding hydrogens is 258 g/mol. The molecule has 8 heteroatoms. The number of nitrogens with one attached hydrogen (secondary N) is 2. The topological polar surface area (TPSA) is 108 Å². The van der Waals surface area contributed by atoms with Crippen LogP contribution in [0.15, 0.2) is 18.5 Å². The number of rotatable bonds is 6. The molecule has 0 bridgehead atoms. The number of aromatic nitrogens is 1. The van der Waals surface area contributed by atoms with Gasteiger partial charge in [-0.2, -0.15) is 0 Å². The highest BCUT2D eigenvalue weighted by molar-refractivity contribution is 7.88. The standard InChI is InChI=1S/C10H15N3O4S/c1-18(16,17)13-5-2-4-12-10(15)8-3-6-11-7-9(8)14/h3,6-7,13-14H,2,4-5H2,1H3,(H,12,15). The van der Waals surface area contributed by atoms with Crippen LogP contribution in [0.1, 0.15) is 16.8 Å². The maximum atomic E-state index is 11.6. The van der Waals surface area contributed by atoms with Crippen molar-refractivity contribution < 1.29 is 18.3 Å². The number of hydrogen-bond donors (Lipinski definition) is 3. The summed E-state index contributed by atoms with van der Waals surface area (Å²) in [5.41, 5.74) is 0.140. The molecule has 1 aromatic heterocycles. The van der Waals surface area contributed by atoms with Crippen molar-refractivity contribution in [1.82, 2.24) is 15.0 Å². The Labute approximate surface area is 105 Å². The molecule has 0 aliphatic carbocycles. The van der Waals surface area contributed by atoms with E-state index in [0.717, 1.165) is 6.26 Å². The third kappa shape index (κ3) is 5.11. The number of sulfonamides is 1. The third-order valence-electron chi connectivity index (χ3n) is 2.05. The molecule has 0 unspecified atom stereocenters. The first kappa shape index (κ1) is 14.4. The SMILES string of the molecule is CS(=O)(=O)NCCCNC(=O)c1ccncc1O. The van der Waals surface area contributed by atoms with Gasteiger partial charge in [0.2, 0.25) is 10.0 Å². The Kier molecular flexibility index (Phi) is 5.05. The normalized spacial score (nSPS) is 11.2. The number of amides is 1. The summed E-state index contributed by atoms with van der Waals surface area (Å²) in [5.74, 6) is -0.612. The molecule has 0 saturated carbocycles. The summed E-state index contributed by atoms with van der Waals surface area (Å²) in [7, 11) is -3.19. The Morgan fingerprint density at radius 2 is 2.17 bits per heavy atom. The Morgan fingerprint density at radius 1 is 1.44 bits per heavy atom. The maximum absolute atomic E-state index is 11.6. The predicted octanol–water partition coefficient (Wildman–Crippen LogP) is -0.544. The first-order valence-electron chi connectivity index (χ1n) is 5.26. The highest BCUT2D eigenvalue weighted by Crippen LogP contribution is 2.12. The van der Waals surface area contributed by atoms with Gasteiger partial charge in [0.1, 0.15) is 5.75 Å². The van der Waals surface area contributed by atoms with E-state index >= 15 is 0 Å². The lowest BCUT2D eigenvalue weighted by atomic mass is 10.2. The van der Waals surface area contributed by atoms with Gasteiger partial charge in [0.25, 0.3) is 5.91 Å². The average molecular weight is 273 g/mol. The van der Waals surface area contributed by atoms with Crippen molar-refractivity contribution in [2.24, 2.45) is 0 Å². The minimum Gasteiger partial charge on any atom is -0.505 e. The van der Waals surface area contributed by atoms with E-state index < -0.39 is 15.9 Å². The number of aromatic hydroxyl groups is 1. The number of nitrogens with zero attached hydrogens (tertiary/aromatic N) is 1. The summed E-state index contributed by atoms with van der Waals surface area (Å²) in [6.07, 6.45) is 4.12. The molecular formula is C10H15N3O4S. The fourth-order valence-corrected chi connectivity index (χ4v) is 1.74. The molecule has 100 valence electrons. The van der Waals surface area contributed by atoms with E-state index in [9.17, 15) is 18.3 Å². The van der Waals surface area contributed by atoms with Gasteiger partial charge in [-0.25, -0.2) is 13.1 Å². The quantitative estimate of drug-likeness (QED) is 0.603. The van der Waals surface area contributed by atoms with Crippen LogP contribution in [0.3, 0.4) is 0 Å². The van der Waals surface area contributed by atoms with Crippen LogP contribution in [0.5, 0.6) is 5.75 Å². The van der Waals surface area contributed by atoms with Crippen molar-refractivity contribution in [1.29, 1.82) is 0 Å². The van der Waals surface area contributed by atoms with Crippen LogP contribution < -0.4 is 10.0 Å². The van der Waals surface area contributed by atoms with E-state index in [0.29, 0.717) is 13.0 Å². The summed E-state index contributed by atoms with van der Waals surface area (Å²) in [5, 5.41) is 11.9. The summed E-state index contributed by atoms with van der Waals surface area (Å²) in [4.78, 5) is 15.2. The smallest absolute Gasteiger partial charge is 0.255 e. The first-order valence-corrected chi connectivity index (χ1v) is 7.15. The molecule has 0 aliphatic rings. The second kappa shape index (κ2) is 6.31. The third-order valence-corrected chi connectivity index (χ3v) is 2.78. The van der Waals surface area contributed by atoms with Gasteiger partial charge in [0.05, 0.1) is 18.0 Å². The molecule has 7 nitrogen and oxygen atoms in total. The van der Waals surface area contributed by atoms with Crippen molar-refractivity contribution in [2.75, 3.05) is 19.3 Å². The van der Waals surface area contributed by atoms with Crippen LogP contribution in [0.4, 0.5) is 0 Å². The Balaban J connectivity index is 2.33. The highest BCUT2D eigenvalue weighted by atomic mass is 32.2. The van der Waals surface area contributed by atoms with E-state index in [4.69, 9.17) is 0 Å². The van der Waals surface area contributed by atoms with Gasteiger partial charge in [-0.05, 0) is 12.5 Å². The van der Waals surface area contributed by atoms with Crippen LogP contribution in [0.25, 0.3) is 0 Å². The molecule has 0 spiro atoms. The highest BCUT2D eigenvalue weighted by Gasteiger charge is 2.09. The summed E-state index contributed by atoms with van der Waals surface area (Å²) in [6.45, 7) is 0.560. The van der Waals surface area contributed by atoms with Gasteiger partial charge in [-0.15, -0.1) is 0 Å². The van der Waals surface area contributed by atoms with Gasteiger partial charge in [0, 0.05) is 19.3 Å². The molecule has 1 aromatic rings. The van der Waals surface area contributed by atoms with Crippen molar-refractivity contribution in [3.05, 3.63) is 24.0 Å². The molecule has 1 amide bonds. The lowest BCUT2D eigenvalue weighted by Gasteiger charge is -2.06. The molecule has 0 atom stereocenters. The summed E-state index contributed by atoms with van der Waals surface area (Å²) < 4.78 is 23.8. The van der Waals surface area contributed by atoms with E-state index in [1.807, 2.05) is 0 Å². The van der Waals surface area contributed by atoms with E-state index in [1.54, 1.807) is 0 Å². The zero-order valence-corrected chi connectivity index (χ0v) is 10.7.